The van der Waals surface area contributed by atoms with Crippen molar-refractivity contribution in [1.82, 2.24) is 5.32 Å². The van der Waals surface area contributed by atoms with Crippen LogP contribution in [0.2, 0.25) is 0 Å². The molecule has 90 valence electrons. The Morgan fingerprint density at radius 2 is 2.20 bits per heavy atom. The van der Waals surface area contributed by atoms with E-state index in [1.165, 1.54) is 19.3 Å². The van der Waals surface area contributed by atoms with E-state index in [1.54, 1.807) is 0 Å². The standard InChI is InChI=1S/C12H25NO2/c1-3-7-13-9-12(2,14)10-15-8-6-11-4-5-11/h11,13-14H,3-10H2,1-2H3. The number of hydrogen-bond acceptors (Lipinski definition) is 3. The van der Waals surface area contributed by atoms with Gasteiger partial charge < -0.3 is 15.2 Å². The number of hydrogen-bond donors (Lipinski definition) is 2. The molecular weight excluding hydrogens is 190 g/mol. The largest absolute Gasteiger partial charge is 0.386 e. The second-order valence-corrected chi connectivity index (χ2v) is 4.96. The van der Waals surface area contributed by atoms with E-state index in [4.69, 9.17) is 4.74 Å². The molecule has 0 aliphatic heterocycles. The van der Waals surface area contributed by atoms with Gasteiger partial charge in [0.1, 0.15) is 0 Å². The van der Waals surface area contributed by atoms with E-state index >= 15 is 0 Å². The molecule has 1 fully saturated rings. The van der Waals surface area contributed by atoms with Crippen LogP contribution in [0, 0.1) is 5.92 Å². The molecule has 0 aromatic carbocycles. The average molecular weight is 215 g/mol. The molecular formula is C12H25NO2. The van der Waals surface area contributed by atoms with Crippen molar-refractivity contribution in [1.29, 1.82) is 0 Å². The Bertz CT molecular complexity index is 167. The SMILES string of the molecule is CCCNCC(C)(O)COCCC1CC1. The van der Waals surface area contributed by atoms with Crippen LogP contribution in [-0.4, -0.2) is 37.0 Å². The first-order valence-electron chi connectivity index (χ1n) is 6.15. The van der Waals surface area contributed by atoms with Crippen molar-refractivity contribution in [2.45, 2.75) is 45.1 Å². The summed E-state index contributed by atoms with van der Waals surface area (Å²) in [5.41, 5.74) is -0.723. The van der Waals surface area contributed by atoms with Gasteiger partial charge in [0, 0.05) is 13.2 Å². The first-order valence-corrected chi connectivity index (χ1v) is 6.15. The maximum atomic E-state index is 9.93. The fraction of sp³-hybridized carbons (Fsp3) is 1.00. The third-order valence-corrected chi connectivity index (χ3v) is 2.71. The lowest BCUT2D eigenvalue weighted by atomic mass is 10.1. The van der Waals surface area contributed by atoms with Crippen LogP contribution >= 0.6 is 0 Å². The van der Waals surface area contributed by atoms with Crippen molar-refractivity contribution in [3.63, 3.8) is 0 Å². The molecule has 0 amide bonds. The average Bonchev–Trinajstić information content (AvgIpc) is 2.96. The maximum absolute atomic E-state index is 9.93. The summed E-state index contributed by atoms with van der Waals surface area (Å²) in [7, 11) is 0. The quantitative estimate of drug-likeness (QED) is 0.573. The van der Waals surface area contributed by atoms with E-state index in [9.17, 15) is 5.11 Å². The summed E-state index contributed by atoms with van der Waals surface area (Å²) in [4.78, 5) is 0. The van der Waals surface area contributed by atoms with Gasteiger partial charge in [-0.1, -0.05) is 19.8 Å². The second-order valence-electron chi connectivity index (χ2n) is 4.96. The fourth-order valence-electron chi connectivity index (χ4n) is 1.53. The predicted molar refractivity (Wildman–Crippen MR) is 61.9 cm³/mol. The molecule has 1 atom stereocenters. The van der Waals surface area contributed by atoms with Crippen LogP contribution in [0.15, 0.2) is 0 Å². The zero-order chi connectivity index (χ0) is 11.1. The van der Waals surface area contributed by atoms with E-state index in [2.05, 4.69) is 12.2 Å². The highest BCUT2D eigenvalue weighted by Gasteiger charge is 2.22. The van der Waals surface area contributed by atoms with E-state index in [1.807, 2.05) is 6.92 Å². The lowest BCUT2D eigenvalue weighted by molar-refractivity contribution is -0.0334. The van der Waals surface area contributed by atoms with Gasteiger partial charge >= 0.3 is 0 Å². The molecule has 0 aromatic rings. The van der Waals surface area contributed by atoms with Gasteiger partial charge in [0.25, 0.3) is 0 Å². The zero-order valence-corrected chi connectivity index (χ0v) is 10.1. The topological polar surface area (TPSA) is 41.5 Å². The van der Waals surface area contributed by atoms with E-state index in [0.29, 0.717) is 13.2 Å². The van der Waals surface area contributed by atoms with Gasteiger partial charge in [-0.2, -0.15) is 0 Å². The lowest BCUT2D eigenvalue weighted by Crippen LogP contribution is -2.42. The van der Waals surface area contributed by atoms with Crippen molar-refractivity contribution in [2.75, 3.05) is 26.3 Å². The second kappa shape index (κ2) is 6.46. The third-order valence-electron chi connectivity index (χ3n) is 2.71. The molecule has 1 saturated carbocycles. The highest BCUT2D eigenvalue weighted by atomic mass is 16.5. The summed E-state index contributed by atoms with van der Waals surface area (Å²) in [6.45, 7) is 6.76. The van der Waals surface area contributed by atoms with Gasteiger partial charge in [0.2, 0.25) is 0 Å². The Morgan fingerprint density at radius 1 is 1.47 bits per heavy atom. The van der Waals surface area contributed by atoms with Crippen LogP contribution in [0.1, 0.15) is 39.5 Å². The number of nitrogens with one attached hydrogen (secondary N) is 1. The first kappa shape index (κ1) is 12.9. The summed E-state index contributed by atoms with van der Waals surface area (Å²) < 4.78 is 5.49. The van der Waals surface area contributed by atoms with Gasteiger partial charge in [-0.3, -0.25) is 0 Å². The summed E-state index contributed by atoms with van der Waals surface area (Å²) >= 11 is 0. The monoisotopic (exact) mass is 215 g/mol. The van der Waals surface area contributed by atoms with Crippen LogP contribution in [0.5, 0.6) is 0 Å². The molecule has 3 heteroatoms. The molecule has 3 nitrogen and oxygen atoms in total. The minimum atomic E-state index is -0.723. The van der Waals surface area contributed by atoms with Crippen molar-refractivity contribution in [3.05, 3.63) is 0 Å². The van der Waals surface area contributed by atoms with Crippen LogP contribution in [0.4, 0.5) is 0 Å². The minimum absolute atomic E-state index is 0.441. The maximum Gasteiger partial charge on any atom is 0.0975 e. The predicted octanol–water partition coefficient (Wildman–Crippen LogP) is 1.55. The van der Waals surface area contributed by atoms with Crippen LogP contribution in [0.25, 0.3) is 0 Å². The molecule has 0 bridgehead atoms. The zero-order valence-electron chi connectivity index (χ0n) is 10.1. The molecule has 0 aromatic heterocycles. The Balaban J connectivity index is 1.95. The highest BCUT2D eigenvalue weighted by molar-refractivity contribution is 4.76. The van der Waals surface area contributed by atoms with E-state index in [-0.39, 0.29) is 0 Å². The Kier molecular flexibility index (Phi) is 5.58. The molecule has 1 rings (SSSR count). The number of aliphatic hydroxyl groups is 1. The minimum Gasteiger partial charge on any atom is -0.386 e. The van der Waals surface area contributed by atoms with Crippen molar-refractivity contribution < 1.29 is 9.84 Å². The Hall–Kier alpha value is -0.120. The smallest absolute Gasteiger partial charge is 0.0975 e. The van der Waals surface area contributed by atoms with Crippen molar-refractivity contribution in [2.24, 2.45) is 5.92 Å². The molecule has 1 aliphatic carbocycles. The normalized spacial score (nSPS) is 20.2. The van der Waals surface area contributed by atoms with E-state index < -0.39 is 5.60 Å². The Morgan fingerprint density at radius 3 is 2.80 bits per heavy atom. The summed E-state index contributed by atoms with van der Waals surface area (Å²) in [6.07, 6.45) is 5.01. The fourth-order valence-corrected chi connectivity index (χ4v) is 1.53. The number of ether oxygens (including phenoxy) is 1. The molecule has 0 saturated heterocycles. The van der Waals surface area contributed by atoms with Gasteiger partial charge in [-0.15, -0.1) is 0 Å². The highest BCUT2D eigenvalue weighted by Crippen LogP contribution is 2.32. The van der Waals surface area contributed by atoms with Gasteiger partial charge in [0.15, 0.2) is 0 Å². The summed E-state index contributed by atoms with van der Waals surface area (Å²) in [5, 5.41) is 13.1. The van der Waals surface area contributed by atoms with Gasteiger partial charge in [-0.05, 0) is 32.2 Å². The molecule has 15 heavy (non-hydrogen) atoms. The van der Waals surface area contributed by atoms with Crippen LogP contribution < -0.4 is 5.32 Å². The van der Waals surface area contributed by atoms with E-state index in [0.717, 1.165) is 25.5 Å². The van der Waals surface area contributed by atoms with Crippen LogP contribution in [0.3, 0.4) is 0 Å². The molecule has 0 radical (unpaired) electrons. The summed E-state index contributed by atoms with van der Waals surface area (Å²) in [6, 6.07) is 0. The summed E-state index contributed by atoms with van der Waals surface area (Å²) in [5.74, 6) is 0.910. The van der Waals surface area contributed by atoms with Crippen molar-refractivity contribution >= 4 is 0 Å². The van der Waals surface area contributed by atoms with Crippen LogP contribution in [-0.2, 0) is 4.74 Å². The number of rotatable bonds is 9. The Labute approximate surface area is 93.2 Å². The molecule has 1 unspecified atom stereocenters. The molecule has 2 N–H and O–H groups in total. The van der Waals surface area contributed by atoms with Gasteiger partial charge in [-0.25, -0.2) is 0 Å². The van der Waals surface area contributed by atoms with Gasteiger partial charge in [0.05, 0.1) is 12.2 Å². The molecule has 0 heterocycles. The first-order chi connectivity index (χ1) is 7.14. The molecule has 1 aliphatic rings. The third kappa shape index (κ3) is 6.88. The van der Waals surface area contributed by atoms with Crippen molar-refractivity contribution in [3.8, 4) is 0 Å². The lowest BCUT2D eigenvalue weighted by Gasteiger charge is -2.23. The molecule has 0 spiro atoms.